The molecule has 1 fully saturated rings. The van der Waals surface area contributed by atoms with Crippen LogP contribution in [-0.4, -0.2) is 31.6 Å². The number of aromatic nitrogens is 4. The standard InChI is InChI=1S/C26H27N5O/c1-31-17-22(16-29-31)18-7-8-20-15-28-24(12-21(20)11-18)14-25(32)19-9-10-27-26(13-19)30-23-5-3-2-4-6-23/h7-13,15-17,23H,2-6,14H2,1H3,(H,27,30). The summed E-state index contributed by atoms with van der Waals surface area (Å²) in [6, 6.07) is 12.4. The summed E-state index contributed by atoms with van der Waals surface area (Å²) in [5.74, 6) is 0.838. The highest BCUT2D eigenvalue weighted by Crippen LogP contribution is 2.25. The first-order valence-corrected chi connectivity index (χ1v) is 11.3. The molecule has 4 aromatic rings. The van der Waals surface area contributed by atoms with Gasteiger partial charge < -0.3 is 5.32 Å². The van der Waals surface area contributed by atoms with Gasteiger partial charge in [0.15, 0.2) is 5.78 Å². The number of carbonyl (C=O) groups is 1. The second kappa shape index (κ2) is 8.91. The topological polar surface area (TPSA) is 72.7 Å². The summed E-state index contributed by atoms with van der Waals surface area (Å²) in [6.45, 7) is 0. The van der Waals surface area contributed by atoms with Gasteiger partial charge in [0.2, 0.25) is 0 Å². The van der Waals surface area contributed by atoms with E-state index in [0.29, 0.717) is 11.6 Å². The van der Waals surface area contributed by atoms with Gasteiger partial charge in [0, 0.05) is 53.9 Å². The molecule has 1 N–H and O–H groups in total. The Morgan fingerprint density at radius 1 is 1.00 bits per heavy atom. The average molecular weight is 426 g/mol. The Morgan fingerprint density at radius 2 is 1.88 bits per heavy atom. The molecule has 0 radical (unpaired) electrons. The third-order valence-corrected chi connectivity index (χ3v) is 6.20. The Kier molecular flexibility index (Phi) is 5.67. The first kappa shape index (κ1) is 20.4. The van der Waals surface area contributed by atoms with Gasteiger partial charge in [-0.25, -0.2) is 4.98 Å². The molecule has 0 unspecified atom stereocenters. The summed E-state index contributed by atoms with van der Waals surface area (Å²) in [5, 5.41) is 9.88. The third-order valence-electron chi connectivity index (χ3n) is 6.20. The fourth-order valence-electron chi connectivity index (χ4n) is 4.44. The molecule has 6 heteroatoms. The van der Waals surface area contributed by atoms with Gasteiger partial charge >= 0.3 is 0 Å². The number of pyridine rings is 2. The molecule has 32 heavy (non-hydrogen) atoms. The molecule has 0 atom stereocenters. The molecule has 0 saturated heterocycles. The van der Waals surface area contributed by atoms with Gasteiger partial charge in [0.1, 0.15) is 5.82 Å². The fraction of sp³-hybridized carbons (Fsp3) is 0.308. The second-order valence-corrected chi connectivity index (χ2v) is 8.65. The van der Waals surface area contributed by atoms with E-state index in [-0.39, 0.29) is 12.2 Å². The third kappa shape index (κ3) is 4.54. The lowest BCUT2D eigenvalue weighted by atomic mass is 9.95. The van der Waals surface area contributed by atoms with Crippen LogP contribution in [0.1, 0.15) is 48.2 Å². The minimum absolute atomic E-state index is 0.0503. The van der Waals surface area contributed by atoms with E-state index in [2.05, 4.69) is 38.6 Å². The molecule has 1 saturated carbocycles. The van der Waals surface area contributed by atoms with E-state index in [9.17, 15) is 4.79 Å². The van der Waals surface area contributed by atoms with Crippen LogP contribution in [0.25, 0.3) is 21.9 Å². The maximum atomic E-state index is 13.0. The number of rotatable bonds is 6. The highest BCUT2D eigenvalue weighted by atomic mass is 16.1. The van der Waals surface area contributed by atoms with Crippen LogP contribution in [0.5, 0.6) is 0 Å². The summed E-state index contributed by atoms with van der Waals surface area (Å²) in [7, 11) is 1.91. The van der Waals surface area contributed by atoms with Crippen LogP contribution in [0.2, 0.25) is 0 Å². The number of Topliss-reactive ketones (excluding diaryl/α,β-unsaturated/α-hetero) is 1. The lowest BCUT2D eigenvalue weighted by molar-refractivity contribution is 0.0992. The van der Waals surface area contributed by atoms with Crippen molar-refractivity contribution in [2.75, 3.05) is 5.32 Å². The molecule has 3 aromatic heterocycles. The highest BCUT2D eigenvalue weighted by Gasteiger charge is 2.15. The van der Waals surface area contributed by atoms with Gasteiger partial charge in [-0.2, -0.15) is 5.10 Å². The molecule has 0 aliphatic heterocycles. The number of hydrogen-bond acceptors (Lipinski definition) is 5. The van der Waals surface area contributed by atoms with Crippen LogP contribution in [0.3, 0.4) is 0 Å². The second-order valence-electron chi connectivity index (χ2n) is 8.65. The molecule has 1 aromatic carbocycles. The van der Waals surface area contributed by atoms with E-state index in [0.717, 1.165) is 33.4 Å². The number of ketones is 1. The van der Waals surface area contributed by atoms with E-state index in [1.54, 1.807) is 16.9 Å². The lowest BCUT2D eigenvalue weighted by Gasteiger charge is -2.23. The largest absolute Gasteiger partial charge is 0.367 e. The summed E-state index contributed by atoms with van der Waals surface area (Å²) >= 11 is 0. The molecule has 1 aliphatic carbocycles. The van der Waals surface area contributed by atoms with Crippen molar-refractivity contribution in [3.05, 3.63) is 72.4 Å². The van der Waals surface area contributed by atoms with Crippen molar-refractivity contribution in [1.29, 1.82) is 0 Å². The maximum absolute atomic E-state index is 13.0. The minimum atomic E-state index is 0.0503. The average Bonchev–Trinajstić information content (AvgIpc) is 3.26. The Bertz CT molecular complexity index is 1260. The highest BCUT2D eigenvalue weighted by molar-refractivity contribution is 5.98. The number of nitrogens with one attached hydrogen (secondary N) is 1. The Hall–Kier alpha value is -3.54. The van der Waals surface area contributed by atoms with Crippen molar-refractivity contribution >= 4 is 22.4 Å². The molecule has 0 amide bonds. The van der Waals surface area contributed by atoms with Crippen LogP contribution in [-0.2, 0) is 13.5 Å². The van der Waals surface area contributed by atoms with Crippen molar-refractivity contribution in [3.8, 4) is 11.1 Å². The van der Waals surface area contributed by atoms with Crippen LogP contribution in [0, 0.1) is 0 Å². The van der Waals surface area contributed by atoms with Crippen molar-refractivity contribution in [1.82, 2.24) is 19.7 Å². The lowest BCUT2D eigenvalue weighted by Crippen LogP contribution is -2.23. The number of aryl methyl sites for hydroxylation is 1. The van der Waals surface area contributed by atoms with E-state index in [4.69, 9.17) is 0 Å². The zero-order chi connectivity index (χ0) is 21.9. The Labute approximate surface area is 187 Å². The van der Waals surface area contributed by atoms with Gasteiger partial charge in [0.25, 0.3) is 0 Å². The van der Waals surface area contributed by atoms with E-state index in [1.165, 1.54) is 32.1 Å². The number of hydrogen-bond donors (Lipinski definition) is 1. The summed E-state index contributed by atoms with van der Waals surface area (Å²) in [4.78, 5) is 21.9. The smallest absolute Gasteiger partial charge is 0.169 e. The van der Waals surface area contributed by atoms with Crippen molar-refractivity contribution in [3.63, 3.8) is 0 Å². The molecule has 0 spiro atoms. The monoisotopic (exact) mass is 425 g/mol. The number of nitrogens with zero attached hydrogens (tertiary/aromatic N) is 4. The van der Waals surface area contributed by atoms with Gasteiger partial charge in [-0.05, 0) is 48.1 Å². The van der Waals surface area contributed by atoms with E-state index >= 15 is 0 Å². The molecule has 3 heterocycles. The zero-order valence-electron chi connectivity index (χ0n) is 18.3. The maximum Gasteiger partial charge on any atom is 0.169 e. The van der Waals surface area contributed by atoms with Crippen molar-refractivity contribution < 1.29 is 4.79 Å². The normalized spacial score (nSPS) is 14.5. The molecular formula is C26H27N5O. The molecule has 162 valence electrons. The first-order chi connectivity index (χ1) is 15.6. The van der Waals surface area contributed by atoms with E-state index in [1.807, 2.05) is 37.8 Å². The van der Waals surface area contributed by atoms with Crippen LogP contribution < -0.4 is 5.32 Å². The number of fused-ring (bicyclic) bond motifs is 1. The minimum Gasteiger partial charge on any atom is -0.367 e. The SMILES string of the molecule is Cn1cc(-c2ccc3cnc(CC(=O)c4ccnc(NC5CCCCC5)c4)cc3c2)cn1. The number of benzene rings is 1. The van der Waals surface area contributed by atoms with E-state index < -0.39 is 0 Å². The summed E-state index contributed by atoms with van der Waals surface area (Å²) in [5.41, 5.74) is 3.61. The van der Waals surface area contributed by atoms with Gasteiger partial charge in [-0.3, -0.25) is 14.5 Å². The molecule has 1 aliphatic rings. The Balaban J connectivity index is 1.33. The Morgan fingerprint density at radius 3 is 2.69 bits per heavy atom. The van der Waals surface area contributed by atoms with Gasteiger partial charge in [0.05, 0.1) is 12.6 Å². The predicted octanol–water partition coefficient (Wildman–Crippen LogP) is 5.20. The molecular weight excluding hydrogens is 398 g/mol. The fourth-order valence-corrected chi connectivity index (χ4v) is 4.44. The number of carbonyl (C=O) groups excluding carboxylic acids is 1. The van der Waals surface area contributed by atoms with Gasteiger partial charge in [-0.15, -0.1) is 0 Å². The van der Waals surface area contributed by atoms with Crippen molar-refractivity contribution in [2.24, 2.45) is 7.05 Å². The molecule has 5 rings (SSSR count). The summed E-state index contributed by atoms with van der Waals surface area (Å²) < 4.78 is 1.79. The van der Waals surface area contributed by atoms with Crippen LogP contribution >= 0.6 is 0 Å². The number of anilines is 1. The zero-order valence-corrected chi connectivity index (χ0v) is 18.3. The van der Waals surface area contributed by atoms with Gasteiger partial charge in [-0.1, -0.05) is 31.4 Å². The predicted molar refractivity (Wildman–Crippen MR) is 127 cm³/mol. The quantitative estimate of drug-likeness (QED) is 0.430. The molecule has 0 bridgehead atoms. The van der Waals surface area contributed by atoms with Crippen LogP contribution in [0.15, 0.2) is 61.2 Å². The van der Waals surface area contributed by atoms with Crippen molar-refractivity contribution in [2.45, 2.75) is 44.6 Å². The molecule has 6 nitrogen and oxygen atoms in total. The van der Waals surface area contributed by atoms with Crippen LogP contribution in [0.4, 0.5) is 5.82 Å². The summed E-state index contributed by atoms with van der Waals surface area (Å²) in [6.07, 6.45) is 13.8. The first-order valence-electron chi connectivity index (χ1n) is 11.3.